The minimum Gasteiger partial charge on any atom is -0.352 e. The third-order valence-corrected chi connectivity index (χ3v) is 8.69. The number of carbonyl (C=O) groups is 2. The molecule has 2 amide bonds. The molecule has 10 heteroatoms. The van der Waals surface area contributed by atoms with Crippen LogP contribution in [0.2, 0.25) is 10.0 Å². The molecule has 3 aromatic rings. The van der Waals surface area contributed by atoms with Gasteiger partial charge in [0.25, 0.3) is 10.0 Å². The van der Waals surface area contributed by atoms with E-state index in [1.54, 1.807) is 74.5 Å². The molecule has 2 unspecified atom stereocenters. The molecule has 2 atom stereocenters. The number of sulfonamides is 1. The normalized spacial score (nSPS) is 12.9. The molecule has 3 rings (SSSR count). The van der Waals surface area contributed by atoms with Gasteiger partial charge in [-0.1, -0.05) is 60.5 Å². The molecule has 0 saturated heterocycles. The molecule has 0 saturated carbocycles. The minimum atomic E-state index is -4.15. The van der Waals surface area contributed by atoms with Gasteiger partial charge in [-0.15, -0.1) is 0 Å². The van der Waals surface area contributed by atoms with Crippen LogP contribution >= 0.6 is 23.2 Å². The van der Waals surface area contributed by atoms with E-state index in [1.807, 2.05) is 13.8 Å². The van der Waals surface area contributed by atoms with Gasteiger partial charge in [-0.05, 0) is 80.8 Å². The van der Waals surface area contributed by atoms with Crippen LogP contribution in [0.5, 0.6) is 0 Å². The van der Waals surface area contributed by atoms with Crippen molar-refractivity contribution in [2.45, 2.75) is 57.6 Å². The van der Waals surface area contributed by atoms with Crippen molar-refractivity contribution < 1.29 is 18.0 Å². The van der Waals surface area contributed by atoms with Gasteiger partial charge in [0.15, 0.2) is 0 Å². The summed E-state index contributed by atoms with van der Waals surface area (Å²) < 4.78 is 28.8. The fraction of sp³-hybridized carbons (Fsp3) is 0.310. The van der Waals surface area contributed by atoms with Gasteiger partial charge in [-0.25, -0.2) is 8.42 Å². The van der Waals surface area contributed by atoms with Gasteiger partial charge < -0.3 is 10.2 Å². The molecular formula is C29H33Cl2N3O4S. The highest BCUT2D eigenvalue weighted by Gasteiger charge is 2.33. The molecule has 0 spiro atoms. The fourth-order valence-corrected chi connectivity index (χ4v) is 5.95. The molecule has 1 N–H and O–H groups in total. The van der Waals surface area contributed by atoms with Gasteiger partial charge in [0, 0.05) is 22.6 Å². The first-order chi connectivity index (χ1) is 18.4. The van der Waals surface area contributed by atoms with E-state index in [1.165, 1.54) is 17.0 Å². The molecular weight excluding hydrogens is 557 g/mol. The van der Waals surface area contributed by atoms with E-state index >= 15 is 0 Å². The standard InChI is InChI=1S/C29H33Cl2N3O4S/c1-5-21(3)32-29(36)22(4)33(18-23-10-9-11-24(30)17-23)28(35)19-34(27-15-14-25(31)16-20(27)2)39(37,38)26-12-7-6-8-13-26/h6-17,21-22H,5,18-19H2,1-4H3,(H,32,36). The number of carbonyl (C=O) groups excluding carboxylic acids is 2. The van der Waals surface area contributed by atoms with Crippen LogP contribution in [-0.2, 0) is 26.2 Å². The zero-order valence-electron chi connectivity index (χ0n) is 22.4. The Morgan fingerprint density at radius 1 is 0.923 bits per heavy atom. The highest BCUT2D eigenvalue weighted by atomic mass is 35.5. The van der Waals surface area contributed by atoms with E-state index in [0.717, 1.165) is 10.7 Å². The van der Waals surface area contributed by atoms with Gasteiger partial charge >= 0.3 is 0 Å². The van der Waals surface area contributed by atoms with Crippen LogP contribution < -0.4 is 9.62 Å². The highest BCUT2D eigenvalue weighted by Crippen LogP contribution is 2.29. The molecule has 3 aromatic carbocycles. The smallest absolute Gasteiger partial charge is 0.264 e. The molecule has 0 aliphatic carbocycles. The lowest BCUT2D eigenvalue weighted by Crippen LogP contribution is -2.52. The van der Waals surface area contributed by atoms with Crippen molar-refractivity contribution in [2.75, 3.05) is 10.8 Å². The van der Waals surface area contributed by atoms with Crippen LogP contribution in [0.3, 0.4) is 0 Å². The van der Waals surface area contributed by atoms with Gasteiger partial charge in [0.05, 0.1) is 10.6 Å². The number of anilines is 1. The summed E-state index contributed by atoms with van der Waals surface area (Å²) in [5.74, 6) is -0.879. The Kier molecular flexibility index (Phi) is 10.4. The zero-order valence-corrected chi connectivity index (χ0v) is 24.7. The van der Waals surface area contributed by atoms with E-state index in [9.17, 15) is 18.0 Å². The number of aryl methyl sites for hydroxylation is 1. The maximum Gasteiger partial charge on any atom is 0.264 e. The molecule has 0 bridgehead atoms. The van der Waals surface area contributed by atoms with Gasteiger partial charge in [-0.3, -0.25) is 13.9 Å². The van der Waals surface area contributed by atoms with Crippen molar-refractivity contribution in [3.8, 4) is 0 Å². The van der Waals surface area contributed by atoms with Gasteiger partial charge in [0.1, 0.15) is 12.6 Å². The average Bonchev–Trinajstić information content (AvgIpc) is 2.90. The Bertz CT molecular complexity index is 1420. The Hall–Kier alpha value is -3.07. The minimum absolute atomic E-state index is 0.0381. The predicted molar refractivity (Wildman–Crippen MR) is 157 cm³/mol. The lowest BCUT2D eigenvalue weighted by molar-refractivity contribution is -0.139. The summed E-state index contributed by atoms with van der Waals surface area (Å²) in [4.78, 5) is 28.5. The molecule has 0 aromatic heterocycles. The Labute approximate surface area is 240 Å². The fourth-order valence-electron chi connectivity index (χ4n) is 4.01. The van der Waals surface area contributed by atoms with Crippen LogP contribution in [0, 0.1) is 6.92 Å². The molecule has 0 aliphatic rings. The molecule has 7 nitrogen and oxygen atoms in total. The molecule has 0 fully saturated rings. The highest BCUT2D eigenvalue weighted by molar-refractivity contribution is 7.92. The SMILES string of the molecule is CCC(C)NC(=O)C(C)N(Cc1cccc(Cl)c1)C(=O)CN(c1ccc(Cl)cc1C)S(=O)(=O)c1ccccc1. The number of amides is 2. The number of hydrogen-bond acceptors (Lipinski definition) is 4. The molecule has 0 heterocycles. The summed E-state index contributed by atoms with van der Waals surface area (Å²) in [7, 11) is -4.15. The largest absolute Gasteiger partial charge is 0.352 e. The topological polar surface area (TPSA) is 86.8 Å². The summed E-state index contributed by atoms with van der Waals surface area (Å²) in [6, 6.07) is 18.7. The summed E-state index contributed by atoms with van der Waals surface area (Å²) in [6.45, 7) is 6.72. The van der Waals surface area contributed by atoms with Crippen LogP contribution in [0.4, 0.5) is 5.69 Å². The van der Waals surface area contributed by atoms with E-state index in [4.69, 9.17) is 23.2 Å². The lowest BCUT2D eigenvalue weighted by atomic mass is 10.1. The lowest BCUT2D eigenvalue weighted by Gasteiger charge is -2.33. The van der Waals surface area contributed by atoms with Gasteiger partial charge in [0.2, 0.25) is 11.8 Å². The third-order valence-electron chi connectivity index (χ3n) is 6.45. The number of hydrogen-bond donors (Lipinski definition) is 1. The van der Waals surface area contributed by atoms with Crippen molar-refractivity contribution in [3.63, 3.8) is 0 Å². The Balaban J connectivity index is 2.05. The van der Waals surface area contributed by atoms with E-state index in [0.29, 0.717) is 26.9 Å². The second-order valence-corrected chi connectivity index (χ2v) is 12.1. The summed E-state index contributed by atoms with van der Waals surface area (Å²) in [5, 5.41) is 3.84. The second-order valence-electron chi connectivity index (χ2n) is 9.40. The zero-order chi connectivity index (χ0) is 28.7. The van der Waals surface area contributed by atoms with Crippen LogP contribution in [0.25, 0.3) is 0 Å². The number of rotatable bonds is 11. The summed E-state index contributed by atoms with van der Waals surface area (Å²) in [5.41, 5.74) is 1.61. The quantitative estimate of drug-likeness (QED) is 0.305. The monoisotopic (exact) mass is 589 g/mol. The van der Waals surface area contributed by atoms with Crippen molar-refractivity contribution in [1.82, 2.24) is 10.2 Å². The Morgan fingerprint density at radius 2 is 1.59 bits per heavy atom. The maximum atomic E-state index is 14.0. The first kappa shape index (κ1) is 30.5. The maximum absolute atomic E-state index is 14.0. The number of nitrogens with one attached hydrogen (secondary N) is 1. The first-order valence-electron chi connectivity index (χ1n) is 12.6. The van der Waals surface area contributed by atoms with Crippen LogP contribution in [-0.4, -0.2) is 43.8 Å². The summed E-state index contributed by atoms with van der Waals surface area (Å²) >= 11 is 12.3. The van der Waals surface area contributed by atoms with E-state index < -0.39 is 28.5 Å². The van der Waals surface area contributed by atoms with Crippen molar-refractivity contribution in [1.29, 1.82) is 0 Å². The number of benzene rings is 3. The van der Waals surface area contributed by atoms with Crippen molar-refractivity contribution in [2.24, 2.45) is 0 Å². The third kappa shape index (κ3) is 7.75. The number of halogens is 2. The first-order valence-corrected chi connectivity index (χ1v) is 14.8. The molecule has 0 aliphatic heterocycles. The molecule has 0 radical (unpaired) electrons. The van der Waals surface area contributed by atoms with E-state index in [-0.39, 0.29) is 23.4 Å². The van der Waals surface area contributed by atoms with Crippen LogP contribution in [0.1, 0.15) is 38.3 Å². The van der Waals surface area contributed by atoms with Gasteiger partial charge in [-0.2, -0.15) is 0 Å². The van der Waals surface area contributed by atoms with Crippen molar-refractivity contribution in [3.05, 3.63) is 94.0 Å². The summed E-state index contributed by atoms with van der Waals surface area (Å²) in [6.07, 6.45) is 0.722. The molecule has 39 heavy (non-hydrogen) atoms. The second kappa shape index (κ2) is 13.3. The average molecular weight is 591 g/mol. The van der Waals surface area contributed by atoms with E-state index in [2.05, 4.69) is 5.32 Å². The van der Waals surface area contributed by atoms with Crippen LogP contribution in [0.15, 0.2) is 77.7 Å². The Morgan fingerprint density at radius 3 is 2.21 bits per heavy atom. The number of nitrogens with zero attached hydrogens (tertiary/aromatic N) is 2. The van der Waals surface area contributed by atoms with Crippen molar-refractivity contribution >= 4 is 50.7 Å². The predicted octanol–water partition coefficient (Wildman–Crippen LogP) is 5.83. The molecule has 208 valence electrons.